The lowest BCUT2D eigenvalue weighted by atomic mass is 10.2. The Morgan fingerprint density at radius 3 is 2.72 bits per heavy atom. The van der Waals surface area contributed by atoms with Gasteiger partial charge in [0.2, 0.25) is 0 Å². The summed E-state index contributed by atoms with van der Waals surface area (Å²) < 4.78 is 5.79. The molecule has 0 spiro atoms. The molecule has 1 N–H and O–H groups in total. The highest BCUT2D eigenvalue weighted by Crippen LogP contribution is 2.21. The van der Waals surface area contributed by atoms with Gasteiger partial charge in [0.15, 0.2) is 0 Å². The van der Waals surface area contributed by atoms with Crippen LogP contribution < -0.4 is 4.74 Å². The van der Waals surface area contributed by atoms with Crippen LogP contribution in [0.4, 0.5) is 0 Å². The molecular weight excluding hydrogens is 226 g/mol. The van der Waals surface area contributed by atoms with Crippen molar-refractivity contribution in [1.82, 2.24) is 4.90 Å². The molecule has 0 saturated carbocycles. The van der Waals surface area contributed by atoms with E-state index in [1.807, 2.05) is 38.1 Å². The topological polar surface area (TPSA) is 32.7 Å². The molecule has 1 rings (SSSR count). The van der Waals surface area contributed by atoms with Crippen LogP contribution >= 0.6 is 0 Å². The van der Waals surface area contributed by atoms with Crippen molar-refractivity contribution in [3.8, 4) is 5.75 Å². The number of para-hydroxylation sites is 1. The van der Waals surface area contributed by atoms with Crippen LogP contribution in [0, 0.1) is 0 Å². The molecule has 0 saturated heterocycles. The number of rotatable bonds is 8. The van der Waals surface area contributed by atoms with E-state index in [0.717, 1.165) is 24.4 Å². The molecule has 0 unspecified atom stereocenters. The van der Waals surface area contributed by atoms with E-state index >= 15 is 0 Å². The van der Waals surface area contributed by atoms with Crippen LogP contribution in [0.15, 0.2) is 36.9 Å². The minimum Gasteiger partial charge on any atom is -0.491 e. The zero-order chi connectivity index (χ0) is 13.4. The van der Waals surface area contributed by atoms with Crippen molar-refractivity contribution < 1.29 is 9.84 Å². The Bertz CT molecular complexity index is 363. The lowest BCUT2D eigenvalue weighted by Gasteiger charge is -2.22. The SMILES string of the molecule is C=CCN(CCO)Cc1ccccc1OC(C)C. The Kier molecular flexibility index (Phi) is 6.47. The first kappa shape index (κ1) is 14.7. The summed E-state index contributed by atoms with van der Waals surface area (Å²) in [5.41, 5.74) is 1.14. The fourth-order valence-electron chi connectivity index (χ4n) is 1.80. The maximum absolute atomic E-state index is 9.05. The summed E-state index contributed by atoms with van der Waals surface area (Å²) in [5, 5.41) is 9.05. The van der Waals surface area contributed by atoms with Crippen molar-refractivity contribution in [2.75, 3.05) is 19.7 Å². The fourth-order valence-corrected chi connectivity index (χ4v) is 1.80. The van der Waals surface area contributed by atoms with E-state index in [2.05, 4.69) is 17.5 Å². The summed E-state index contributed by atoms with van der Waals surface area (Å²) >= 11 is 0. The summed E-state index contributed by atoms with van der Waals surface area (Å²) in [6.45, 7) is 10.1. The molecule has 0 bridgehead atoms. The number of benzene rings is 1. The highest BCUT2D eigenvalue weighted by atomic mass is 16.5. The zero-order valence-corrected chi connectivity index (χ0v) is 11.3. The highest BCUT2D eigenvalue weighted by Gasteiger charge is 2.09. The number of hydrogen-bond acceptors (Lipinski definition) is 3. The van der Waals surface area contributed by atoms with Crippen LogP contribution in [0.3, 0.4) is 0 Å². The monoisotopic (exact) mass is 249 g/mol. The molecular formula is C15H23NO2. The third-order valence-corrected chi connectivity index (χ3v) is 2.53. The highest BCUT2D eigenvalue weighted by molar-refractivity contribution is 5.33. The predicted molar refractivity (Wildman–Crippen MR) is 74.8 cm³/mol. The average Bonchev–Trinajstić information content (AvgIpc) is 2.31. The molecule has 3 nitrogen and oxygen atoms in total. The van der Waals surface area contributed by atoms with Gasteiger partial charge in [-0.05, 0) is 19.9 Å². The van der Waals surface area contributed by atoms with Gasteiger partial charge in [0.25, 0.3) is 0 Å². The summed E-state index contributed by atoms with van der Waals surface area (Å²) in [7, 11) is 0. The van der Waals surface area contributed by atoms with Crippen LogP contribution in [0.1, 0.15) is 19.4 Å². The van der Waals surface area contributed by atoms with Crippen LogP contribution in [0.2, 0.25) is 0 Å². The van der Waals surface area contributed by atoms with Crippen LogP contribution in [0.25, 0.3) is 0 Å². The second-order valence-corrected chi connectivity index (χ2v) is 4.52. The van der Waals surface area contributed by atoms with Crippen LogP contribution in [-0.4, -0.2) is 35.8 Å². The molecule has 3 heteroatoms. The number of aliphatic hydroxyl groups is 1. The minimum atomic E-state index is 0.154. The molecule has 0 amide bonds. The first-order valence-corrected chi connectivity index (χ1v) is 6.36. The van der Waals surface area contributed by atoms with E-state index in [0.29, 0.717) is 6.54 Å². The van der Waals surface area contributed by atoms with Gasteiger partial charge in [0.1, 0.15) is 5.75 Å². The van der Waals surface area contributed by atoms with Gasteiger partial charge in [-0.25, -0.2) is 0 Å². The van der Waals surface area contributed by atoms with E-state index in [9.17, 15) is 0 Å². The second kappa shape index (κ2) is 7.90. The zero-order valence-electron chi connectivity index (χ0n) is 11.3. The predicted octanol–water partition coefficient (Wildman–Crippen LogP) is 2.45. The number of ether oxygens (including phenoxy) is 1. The van der Waals surface area contributed by atoms with Gasteiger partial charge in [0.05, 0.1) is 12.7 Å². The molecule has 0 aromatic heterocycles. The Balaban J connectivity index is 2.77. The summed E-state index contributed by atoms with van der Waals surface area (Å²) in [5.74, 6) is 0.916. The van der Waals surface area contributed by atoms with Crippen LogP contribution in [0.5, 0.6) is 5.75 Å². The second-order valence-electron chi connectivity index (χ2n) is 4.52. The van der Waals surface area contributed by atoms with Crippen LogP contribution in [-0.2, 0) is 6.54 Å². The Morgan fingerprint density at radius 1 is 1.39 bits per heavy atom. The smallest absolute Gasteiger partial charge is 0.124 e. The Hall–Kier alpha value is -1.32. The largest absolute Gasteiger partial charge is 0.491 e. The minimum absolute atomic E-state index is 0.154. The number of nitrogens with zero attached hydrogens (tertiary/aromatic N) is 1. The molecule has 0 atom stereocenters. The number of hydrogen-bond donors (Lipinski definition) is 1. The van der Waals surface area contributed by atoms with Crippen molar-refractivity contribution >= 4 is 0 Å². The standard InChI is InChI=1S/C15H23NO2/c1-4-9-16(10-11-17)12-14-7-5-6-8-15(14)18-13(2)3/h4-8,13,17H,1,9-12H2,2-3H3. The Labute approximate surface area is 110 Å². The van der Waals surface area contributed by atoms with Gasteiger partial charge in [-0.3, -0.25) is 4.90 Å². The summed E-state index contributed by atoms with van der Waals surface area (Å²) in [6, 6.07) is 8.03. The number of aliphatic hydroxyl groups excluding tert-OH is 1. The third-order valence-electron chi connectivity index (χ3n) is 2.53. The molecule has 0 aliphatic carbocycles. The van der Waals surface area contributed by atoms with Gasteiger partial charge < -0.3 is 9.84 Å². The van der Waals surface area contributed by atoms with Crippen molar-refractivity contribution in [3.05, 3.63) is 42.5 Å². The molecule has 0 radical (unpaired) electrons. The molecule has 1 aromatic carbocycles. The lowest BCUT2D eigenvalue weighted by molar-refractivity contribution is 0.197. The quantitative estimate of drug-likeness (QED) is 0.718. The normalized spacial score (nSPS) is 10.9. The van der Waals surface area contributed by atoms with Gasteiger partial charge in [-0.15, -0.1) is 6.58 Å². The first-order chi connectivity index (χ1) is 8.67. The van der Waals surface area contributed by atoms with Gasteiger partial charge in [-0.1, -0.05) is 24.3 Å². The van der Waals surface area contributed by atoms with Crippen molar-refractivity contribution in [3.63, 3.8) is 0 Å². The maximum atomic E-state index is 9.05. The molecule has 100 valence electrons. The molecule has 0 heterocycles. The van der Waals surface area contributed by atoms with E-state index in [4.69, 9.17) is 9.84 Å². The maximum Gasteiger partial charge on any atom is 0.124 e. The van der Waals surface area contributed by atoms with Crippen molar-refractivity contribution in [2.45, 2.75) is 26.5 Å². The van der Waals surface area contributed by atoms with Crippen molar-refractivity contribution in [2.24, 2.45) is 0 Å². The van der Waals surface area contributed by atoms with E-state index in [1.54, 1.807) is 0 Å². The first-order valence-electron chi connectivity index (χ1n) is 6.36. The Morgan fingerprint density at radius 2 is 2.11 bits per heavy atom. The lowest BCUT2D eigenvalue weighted by Crippen LogP contribution is -2.27. The van der Waals surface area contributed by atoms with E-state index in [1.165, 1.54) is 0 Å². The molecule has 0 aliphatic heterocycles. The summed E-state index contributed by atoms with van der Waals surface area (Å²) in [4.78, 5) is 2.13. The fraction of sp³-hybridized carbons (Fsp3) is 0.467. The van der Waals surface area contributed by atoms with Gasteiger partial charge >= 0.3 is 0 Å². The van der Waals surface area contributed by atoms with Gasteiger partial charge in [0, 0.05) is 25.2 Å². The van der Waals surface area contributed by atoms with Gasteiger partial charge in [-0.2, -0.15) is 0 Å². The molecule has 0 fully saturated rings. The average molecular weight is 249 g/mol. The molecule has 0 aliphatic rings. The molecule has 1 aromatic rings. The summed E-state index contributed by atoms with van der Waals surface area (Å²) in [6.07, 6.45) is 2.01. The van der Waals surface area contributed by atoms with E-state index < -0.39 is 0 Å². The third kappa shape index (κ3) is 4.90. The van der Waals surface area contributed by atoms with E-state index in [-0.39, 0.29) is 12.7 Å². The van der Waals surface area contributed by atoms with Crippen molar-refractivity contribution in [1.29, 1.82) is 0 Å². The molecule has 18 heavy (non-hydrogen) atoms.